The van der Waals surface area contributed by atoms with Gasteiger partial charge >= 0.3 is 0 Å². The molecule has 3 aromatic rings. The first-order valence-corrected chi connectivity index (χ1v) is 8.72. The minimum Gasteiger partial charge on any atom is -0.481 e. The summed E-state index contributed by atoms with van der Waals surface area (Å²) in [4.78, 5) is 16.6. The third-order valence-electron chi connectivity index (χ3n) is 3.75. The van der Waals surface area contributed by atoms with E-state index in [2.05, 4.69) is 15.5 Å². The molecule has 0 aliphatic heterocycles. The van der Waals surface area contributed by atoms with Crippen LogP contribution in [0.1, 0.15) is 19.2 Å². The second kappa shape index (κ2) is 8.64. The second-order valence-electron chi connectivity index (χ2n) is 5.68. The lowest BCUT2D eigenvalue weighted by Gasteiger charge is -2.16. The molecule has 27 heavy (non-hydrogen) atoms. The summed E-state index contributed by atoms with van der Waals surface area (Å²) in [6.45, 7) is 1.87. The first-order chi connectivity index (χ1) is 13.1. The average Bonchev–Trinajstić information content (AvgIpc) is 3.15. The van der Waals surface area contributed by atoms with Crippen molar-refractivity contribution >= 4 is 17.5 Å². The van der Waals surface area contributed by atoms with Crippen LogP contribution in [0.3, 0.4) is 0 Å². The van der Waals surface area contributed by atoms with Crippen LogP contribution in [0.15, 0.2) is 53.1 Å². The zero-order valence-corrected chi connectivity index (χ0v) is 15.2. The van der Waals surface area contributed by atoms with E-state index >= 15 is 0 Å². The molecule has 0 fully saturated rings. The summed E-state index contributed by atoms with van der Waals surface area (Å²) in [5.41, 5.74) is 0.645. The summed E-state index contributed by atoms with van der Waals surface area (Å²) in [7, 11) is 0. The highest BCUT2D eigenvalue weighted by Gasteiger charge is 2.19. The Balaban J connectivity index is 1.59. The molecule has 1 N–H and O–H groups in total. The van der Waals surface area contributed by atoms with Crippen molar-refractivity contribution in [3.05, 3.63) is 65.3 Å². The highest BCUT2D eigenvalue weighted by atomic mass is 35.5. The molecule has 8 heteroatoms. The zero-order chi connectivity index (χ0) is 19.2. The maximum absolute atomic E-state index is 13.0. The molecular weight excluding hydrogens is 373 g/mol. The molecule has 2 aromatic carbocycles. The molecule has 3 rings (SSSR count). The smallest absolute Gasteiger partial charge is 0.261 e. The van der Waals surface area contributed by atoms with Gasteiger partial charge in [-0.05, 0) is 42.8 Å². The Morgan fingerprint density at radius 3 is 2.70 bits per heavy atom. The van der Waals surface area contributed by atoms with Gasteiger partial charge < -0.3 is 14.6 Å². The van der Waals surface area contributed by atoms with E-state index in [1.165, 1.54) is 24.3 Å². The molecule has 1 heterocycles. The summed E-state index contributed by atoms with van der Waals surface area (Å²) in [5, 5.41) is 7.08. The maximum atomic E-state index is 13.0. The molecule has 0 aliphatic carbocycles. The van der Waals surface area contributed by atoms with E-state index in [0.29, 0.717) is 28.6 Å². The minimum atomic E-state index is -0.721. The van der Waals surface area contributed by atoms with E-state index in [4.69, 9.17) is 20.9 Å². The molecule has 0 aliphatic rings. The number of carbonyl (C=O) groups is 1. The first-order valence-electron chi connectivity index (χ1n) is 8.34. The molecule has 0 bridgehead atoms. The van der Waals surface area contributed by atoms with Crippen molar-refractivity contribution in [2.45, 2.75) is 26.0 Å². The van der Waals surface area contributed by atoms with Crippen LogP contribution in [0.25, 0.3) is 11.4 Å². The number of nitrogens with one attached hydrogen (secondary N) is 1. The number of aromatic nitrogens is 2. The van der Waals surface area contributed by atoms with E-state index in [9.17, 15) is 9.18 Å². The van der Waals surface area contributed by atoms with Crippen LogP contribution in [-0.2, 0) is 11.3 Å². The Morgan fingerprint density at radius 1 is 1.26 bits per heavy atom. The summed E-state index contributed by atoms with van der Waals surface area (Å²) in [5.74, 6) is 0.302. The zero-order valence-electron chi connectivity index (χ0n) is 14.5. The maximum Gasteiger partial charge on any atom is 0.261 e. The molecule has 0 saturated carbocycles. The summed E-state index contributed by atoms with van der Waals surface area (Å²) < 4.78 is 23.7. The minimum absolute atomic E-state index is 0.0551. The fraction of sp³-hybridized carbons (Fsp3) is 0.211. The third kappa shape index (κ3) is 4.83. The predicted molar refractivity (Wildman–Crippen MR) is 97.7 cm³/mol. The predicted octanol–water partition coefficient (Wildman–Crippen LogP) is 4.00. The standard InChI is InChI=1S/C19H17ClFN3O3/c1-2-16(26-13-9-7-12(21)8-10-13)19(25)22-11-17-23-18(24-27-17)14-5-3-4-6-15(14)20/h3-10,16H,2,11H2,1H3,(H,22,25)/t16-/m1/s1. The molecule has 1 aromatic heterocycles. The number of carbonyl (C=O) groups excluding carboxylic acids is 1. The molecule has 0 saturated heterocycles. The van der Waals surface area contributed by atoms with E-state index in [-0.39, 0.29) is 24.2 Å². The Labute approximate surface area is 160 Å². The van der Waals surface area contributed by atoms with Crippen LogP contribution in [0.2, 0.25) is 5.02 Å². The van der Waals surface area contributed by atoms with Gasteiger partial charge in [0, 0.05) is 5.56 Å². The Hall–Kier alpha value is -2.93. The Morgan fingerprint density at radius 2 is 2.00 bits per heavy atom. The number of hydrogen-bond donors (Lipinski definition) is 1. The number of amides is 1. The second-order valence-corrected chi connectivity index (χ2v) is 6.09. The number of hydrogen-bond acceptors (Lipinski definition) is 5. The SMILES string of the molecule is CC[C@@H](Oc1ccc(F)cc1)C(=O)NCc1nc(-c2ccccc2Cl)no1. The van der Waals surface area contributed by atoms with Crippen molar-refractivity contribution in [3.63, 3.8) is 0 Å². The van der Waals surface area contributed by atoms with Crippen LogP contribution in [0.5, 0.6) is 5.75 Å². The van der Waals surface area contributed by atoms with E-state index in [1.807, 2.05) is 13.0 Å². The molecular formula is C19H17ClFN3O3. The fourth-order valence-electron chi connectivity index (χ4n) is 2.35. The monoisotopic (exact) mass is 389 g/mol. The number of halogens is 2. The van der Waals surface area contributed by atoms with Gasteiger partial charge in [0.15, 0.2) is 6.10 Å². The topological polar surface area (TPSA) is 77.2 Å². The molecule has 1 amide bonds. The quantitative estimate of drug-likeness (QED) is 0.660. The van der Waals surface area contributed by atoms with Crippen LogP contribution in [0, 0.1) is 5.82 Å². The van der Waals surface area contributed by atoms with Gasteiger partial charge in [-0.2, -0.15) is 4.98 Å². The number of rotatable bonds is 7. The molecule has 140 valence electrons. The Kier molecular flexibility index (Phi) is 6.03. The summed E-state index contributed by atoms with van der Waals surface area (Å²) in [6, 6.07) is 12.6. The van der Waals surface area contributed by atoms with Crippen molar-refractivity contribution in [1.29, 1.82) is 0 Å². The van der Waals surface area contributed by atoms with E-state index in [0.717, 1.165) is 0 Å². The van der Waals surface area contributed by atoms with E-state index < -0.39 is 6.10 Å². The third-order valence-corrected chi connectivity index (χ3v) is 4.08. The largest absolute Gasteiger partial charge is 0.481 e. The van der Waals surface area contributed by atoms with Gasteiger partial charge in [0.1, 0.15) is 11.6 Å². The molecule has 0 radical (unpaired) electrons. The van der Waals surface area contributed by atoms with Gasteiger partial charge in [-0.15, -0.1) is 0 Å². The highest BCUT2D eigenvalue weighted by Crippen LogP contribution is 2.24. The molecule has 1 atom stereocenters. The van der Waals surface area contributed by atoms with Gasteiger partial charge in [0.25, 0.3) is 5.91 Å². The van der Waals surface area contributed by atoms with Crippen LogP contribution >= 0.6 is 11.6 Å². The lowest BCUT2D eigenvalue weighted by Crippen LogP contribution is -2.37. The van der Waals surface area contributed by atoms with Crippen molar-refractivity contribution in [2.24, 2.45) is 0 Å². The van der Waals surface area contributed by atoms with Crippen molar-refractivity contribution in [2.75, 3.05) is 0 Å². The molecule has 0 unspecified atom stereocenters. The molecule has 0 spiro atoms. The van der Waals surface area contributed by atoms with Crippen molar-refractivity contribution in [3.8, 4) is 17.1 Å². The summed E-state index contributed by atoms with van der Waals surface area (Å²) >= 11 is 6.11. The average molecular weight is 390 g/mol. The Bertz CT molecular complexity index is 915. The van der Waals surface area contributed by atoms with Gasteiger partial charge in [0.2, 0.25) is 11.7 Å². The normalized spacial score (nSPS) is 11.8. The van der Waals surface area contributed by atoms with E-state index in [1.54, 1.807) is 18.2 Å². The first kappa shape index (κ1) is 18.8. The molecule has 6 nitrogen and oxygen atoms in total. The number of ether oxygens (including phenoxy) is 1. The fourth-order valence-corrected chi connectivity index (χ4v) is 2.58. The number of benzene rings is 2. The van der Waals surface area contributed by atoms with Crippen molar-refractivity contribution < 1.29 is 18.4 Å². The van der Waals surface area contributed by atoms with Crippen LogP contribution < -0.4 is 10.1 Å². The van der Waals surface area contributed by atoms with Gasteiger partial charge in [-0.1, -0.05) is 35.8 Å². The highest BCUT2D eigenvalue weighted by molar-refractivity contribution is 6.33. The van der Waals surface area contributed by atoms with Crippen LogP contribution in [-0.4, -0.2) is 22.2 Å². The van der Waals surface area contributed by atoms with Crippen LogP contribution in [0.4, 0.5) is 4.39 Å². The van der Waals surface area contributed by atoms with Crippen molar-refractivity contribution in [1.82, 2.24) is 15.5 Å². The van der Waals surface area contributed by atoms with Gasteiger partial charge in [-0.3, -0.25) is 4.79 Å². The lowest BCUT2D eigenvalue weighted by molar-refractivity contribution is -0.128. The van der Waals surface area contributed by atoms with Gasteiger partial charge in [0.05, 0.1) is 11.6 Å². The van der Waals surface area contributed by atoms with Gasteiger partial charge in [-0.25, -0.2) is 4.39 Å². The lowest BCUT2D eigenvalue weighted by atomic mass is 10.2. The summed E-state index contributed by atoms with van der Waals surface area (Å²) in [6.07, 6.45) is -0.279. The number of nitrogens with zero attached hydrogens (tertiary/aromatic N) is 2.